The first-order valence-electron chi connectivity index (χ1n) is 8.24. The van der Waals surface area contributed by atoms with Crippen molar-refractivity contribution < 1.29 is 18.7 Å². The molecule has 0 saturated heterocycles. The van der Waals surface area contributed by atoms with Crippen LogP contribution in [0.2, 0.25) is 0 Å². The number of esters is 1. The summed E-state index contributed by atoms with van der Waals surface area (Å²) in [5.74, 6) is 0.662. The second-order valence-corrected chi connectivity index (χ2v) is 7.14. The third-order valence-corrected chi connectivity index (χ3v) is 4.51. The highest BCUT2D eigenvalue weighted by atomic mass is 32.1. The molecular formula is C18H24N2O4S. The molecule has 0 radical (unpaired) electrons. The number of oxazole rings is 1. The predicted octanol–water partition coefficient (Wildman–Crippen LogP) is 3.21. The Morgan fingerprint density at radius 2 is 2.16 bits per heavy atom. The van der Waals surface area contributed by atoms with Crippen LogP contribution in [-0.4, -0.2) is 30.5 Å². The first-order valence-corrected chi connectivity index (χ1v) is 9.18. The highest BCUT2D eigenvalue weighted by Gasteiger charge is 2.22. The van der Waals surface area contributed by atoms with Crippen molar-refractivity contribution in [2.75, 3.05) is 13.7 Å². The van der Waals surface area contributed by atoms with Gasteiger partial charge in [0, 0.05) is 17.5 Å². The van der Waals surface area contributed by atoms with Crippen molar-refractivity contribution in [3.63, 3.8) is 0 Å². The van der Waals surface area contributed by atoms with Gasteiger partial charge in [-0.3, -0.25) is 9.59 Å². The third kappa shape index (κ3) is 5.42. The lowest BCUT2D eigenvalue weighted by molar-refractivity contribution is -0.145. The topological polar surface area (TPSA) is 81.4 Å². The van der Waals surface area contributed by atoms with Crippen LogP contribution in [0.25, 0.3) is 11.5 Å². The largest absolute Gasteiger partial charge is 0.469 e. The number of nitrogens with one attached hydrogen (secondary N) is 1. The fourth-order valence-electron chi connectivity index (χ4n) is 2.55. The molecule has 0 unspecified atom stereocenters. The predicted molar refractivity (Wildman–Crippen MR) is 96.2 cm³/mol. The van der Waals surface area contributed by atoms with Gasteiger partial charge in [-0.05, 0) is 30.7 Å². The minimum atomic E-state index is -0.339. The smallest absolute Gasteiger partial charge is 0.310 e. The number of carbonyl (C=O) groups excluding carboxylic acids is 2. The minimum Gasteiger partial charge on any atom is -0.469 e. The van der Waals surface area contributed by atoms with Crippen LogP contribution in [0.3, 0.4) is 0 Å². The standard InChI is InChI=1S/C18H24N2O4S/c1-11(2)7-14(18(22)23-4)9-19-16(21)8-15-12(3)24-17(20-15)13-5-6-25-10-13/h5-6,10-11,14H,7-9H2,1-4H3,(H,19,21)/t14-/m0/s1. The van der Waals surface area contributed by atoms with E-state index in [0.29, 0.717) is 29.7 Å². The van der Waals surface area contributed by atoms with Crippen LogP contribution in [-0.2, 0) is 20.7 Å². The number of methoxy groups -OCH3 is 1. The van der Waals surface area contributed by atoms with E-state index in [1.165, 1.54) is 7.11 Å². The molecule has 7 heteroatoms. The molecule has 0 spiro atoms. The van der Waals surface area contributed by atoms with Crippen LogP contribution >= 0.6 is 11.3 Å². The quantitative estimate of drug-likeness (QED) is 0.728. The van der Waals surface area contributed by atoms with Gasteiger partial charge in [0.25, 0.3) is 0 Å². The van der Waals surface area contributed by atoms with Gasteiger partial charge in [0.1, 0.15) is 5.76 Å². The molecule has 1 atom stereocenters. The summed E-state index contributed by atoms with van der Waals surface area (Å²) < 4.78 is 10.4. The molecule has 0 aliphatic rings. The van der Waals surface area contributed by atoms with Crippen molar-refractivity contribution in [2.24, 2.45) is 11.8 Å². The van der Waals surface area contributed by atoms with Gasteiger partial charge >= 0.3 is 5.97 Å². The third-order valence-electron chi connectivity index (χ3n) is 3.82. The number of nitrogens with zero attached hydrogens (tertiary/aromatic N) is 1. The number of aryl methyl sites for hydroxylation is 1. The maximum Gasteiger partial charge on any atom is 0.310 e. The van der Waals surface area contributed by atoms with Crippen LogP contribution in [0.5, 0.6) is 0 Å². The summed E-state index contributed by atoms with van der Waals surface area (Å²) in [4.78, 5) is 28.4. The Labute approximate surface area is 151 Å². The molecule has 0 aliphatic carbocycles. The molecule has 2 aromatic rings. The molecule has 0 fully saturated rings. The monoisotopic (exact) mass is 364 g/mol. The Kier molecular flexibility index (Phi) is 6.75. The first-order chi connectivity index (χ1) is 11.9. The van der Waals surface area contributed by atoms with Crippen LogP contribution in [0.15, 0.2) is 21.2 Å². The maximum atomic E-state index is 12.2. The van der Waals surface area contributed by atoms with E-state index in [0.717, 1.165) is 5.56 Å². The highest BCUT2D eigenvalue weighted by Crippen LogP contribution is 2.24. The van der Waals surface area contributed by atoms with Crippen LogP contribution in [0.4, 0.5) is 0 Å². The minimum absolute atomic E-state index is 0.120. The van der Waals surface area contributed by atoms with E-state index in [-0.39, 0.29) is 30.8 Å². The fraction of sp³-hybridized carbons (Fsp3) is 0.500. The molecular weight excluding hydrogens is 340 g/mol. The Balaban J connectivity index is 1.94. The van der Waals surface area contributed by atoms with Gasteiger partial charge in [0.15, 0.2) is 0 Å². The number of thiophene rings is 1. The Morgan fingerprint density at radius 1 is 1.40 bits per heavy atom. The van der Waals surface area contributed by atoms with Gasteiger partial charge in [0.2, 0.25) is 11.8 Å². The zero-order valence-electron chi connectivity index (χ0n) is 15.0. The first kappa shape index (κ1) is 19.2. The van der Waals surface area contributed by atoms with Crippen molar-refractivity contribution in [3.8, 4) is 11.5 Å². The summed E-state index contributed by atoms with van der Waals surface area (Å²) in [7, 11) is 1.36. The van der Waals surface area contributed by atoms with E-state index >= 15 is 0 Å². The van der Waals surface area contributed by atoms with Crippen LogP contribution in [0.1, 0.15) is 31.7 Å². The number of aromatic nitrogens is 1. The van der Waals surface area contributed by atoms with Gasteiger partial charge < -0.3 is 14.5 Å². The molecule has 0 bridgehead atoms. The van der Waals surface area contributed by atoms with Gasteiger partial charge in [-0.2, -0.15) is 11.3 Å². The number of ether oxygens (including phenoxy) is 1. The van der Waals surface area contributed by atoms with Gasteiger partial charge in [-0.15, -0.1) is 0 Å². The van der Waals surface area contributed by atoms with E-state index < -0.39 is 0 Å². The Hall–Kier alpha value is -2.15. The highest BCUT2D eigenvalue weighted by molar-refractivity contribution is 7.08. The molecule has 25 heavy (non-hydrogen) atoms. The van der Waals surface area contributed by atoms with Gasteiger partial charge in [-0.25, -0.2) is 4.98 Å². The molecule has 2 aromatic heterocycles. The van der Waals surface area contributed by atoms with Crippen molar-refractivity contribution >= 4 is 23.2 Å². The zero-order valence-corrected chi connectivity index (χ0v) is 15.8. The van der Waals surface area contributed by atoms with Crippen molar-refractivity contribution in [3.05, 3.63) is 28.3 Å². The summed E-state index contributed by atoms with van der Waals surface area (Å²) >= 11 is 1.56. The van der Waals surface area contributed by atoms with Crippen molar-refractivity contribution in [1.29, 1.82) is 0 Å². The molecule has 1 amide bonds. The summed E-state index contributed by atoms with van der Waals surface area (Å²) in [6.45, 7) is 6.12. The lowest BCUT2D eigenvalue weighted by atomic mass is 9.97. The fourth-order valence-corrected chi connectivity index (χ4v) is 3.18. The maximum absolute atomic E-state index is 12.2. The van der Waals surface area contributed by atoms with Crippen molar-refractivity contribution in [2.45, 2.75) is 33.6 Å². The average molecular weight is 364 g/mol. The van der Waals surface area contributed by atoms with Crippen molar-refractivity contribution in [1.82, 2.24) is 10.3 Å². The average Bonchev–Trinajstić information content (AvgIpc) is 3.20. The van der Waals surface area contributed by atoms with E-state index in [1.54, 1.807) is 18.3 Å². The molecule has 2 rings (SSSR count). The van der Waals surface area contributed by atoms with Gasteiger partial charge in [0.05, 0.1) is 25.1 Å². The summed E-state index contributed by atoms with van der Waals surface area (Å²) in [6.07, 6.45) is 0.785. The number of hydrogen-bond acceptors (Lipinski definition) is 6. The molecule has 0 aliphatic heterocycles. The molecule has 0 aromatic carbocycles. The molecule has 136 valence electrons. The number of carbonyl (C=O) groups is 2. The Morgan fingerprint density at radius 3 is 2.76 bits per heavy atom. The molecule has 1 N–H and O–H groups in total. The summed E-state index contributed by atoms with van der Waals surface area (Å²) in [5, 5.41) is 6.70. The van der Waals surface area contributed by atoms with E-state index in [1.807, 2.05) is 30.7 Å². The zero-order chi connectivity index (χ0) is 18.4. The lowest BCUT2D eigenvalue weighted by Gasteiger charge is -2.17. The molecule has 2 heterocycles. The summed E-state index contributed by atoms with van der Waals surface area (Å²) in [5.41, 5.74) is 1.51. The number of hydrogen-bond donors (Lipinski definition) is 1. The number of rotatable bonds is 8. The SMILES string of the molecule is COC(=O)[C@H](CNC(=O)Cc1nc(-c2ccsc2)oc1C)CC(C)C. The number of amides is 1. The lowest BCUT2D eigenvalue weighted by Crippen LogP contribution is -2.35. The second-order valence-electron chi connectivity index (χ2n) is 6.36. The Bertz CT molecular complexity index is 707. The summed E-state index contributed by atoms with van der Waals surface area (Å²) in [6, 6.07) is 1.92. The van der Waals surface area contributed by atoms with E-state index in [2.05, 4.69) is 10.3 Å². The van der Waals surface area contributed by atoms with Crippen LogP contribution in [0, 0.1) is 18.8 Å². The second kappa shape index (κ2) is 8.80. The molecule has 0 saturated carbocycles. The molecule has 6 nitrogen and oxygen atoms in total. The van der Waals surface area contributed by atoms with E-state index in [4.69, 9.17) is 9.15 Å². The normalized spacial score (nSPS) is 12.2. The van der Waals surface area contributed by atoms with Crippen LogP contribution < -0.4 is 5.32 Å². The van der Waals surface area contributed by atoms with E-state index in [9.17, 15) is 9.59 Å². The van der Waals surface area contributed by atoms with Gasteiger partial charge in [-0.1, -0.05) is 13.8 Å².